The van der Waals surface area contributed by atoms with E-state index in [4.69, 9.17) is 0 Å². The Morgan fingerprint density at radius 1 is 1.04 bits per heavy atom. The molecule has 3 N–H and O–H groups in total. The lowest BCUT2D eigenvalue weighted by molar-refractivity contribution is 0.520. The minimum Gasteiger partial charge on any atom is -0.355 e. The average molecular weight is 387 g/mol. The first-order valence-corrected chi connectivity index (χ1v) is 10.7. The Hall–Kier alpha value is -2.38. The Bertz CT molecular complexity index is 882. The van der Waals surface area contributed by atoms with Crippen molar-refractivity contribution >= 4 is 16.0 Å². The fourth-order valence-electron chi connectivity index (χ4n) is 3.26. The van der Waals surface area contributed by atoms with Gasteiger partial charge in [0.2, 0.25) is 10.0 Å². The number of rotatable bonds is 6. The summed E-state index contributed by atoms with van der Waals surface area (Å²) in [5, 5.41) is 6.61. The summed E-state index contributed by atoms with van der Waals surface area (Å²) in [5.41, 5.74) is 2.81. The maximum Gasteiger partial charge on any atom is 0.240 e. The molecule has 1 aliphatic rings. The molecule has 0 heterocycles. The summed E-state index contributed by atoms with van der Waals surface area (Å²) in [7, 11) is -1.75. The van der Waals surface area contributed by atoms with E-state index < -0.39 is 10.0 Å². The van der Waals surface area contributed by atoms with E-state index in [-0.39, 0.29) is 11.4 Å². The van der Waals surface area contributed by atoms with Crippen LogP contribution < -0.4 is 15.4 Å². The lowest BCUT2D eigenvalue weighted by atomic mass is 9.88. The van der Waals surface area contributed by atoms with Crippen LogP contribution in [0.5, 0.6) is 0 Å². The van der Waals surface area contributed by atoms with Gasteiger partial charge in [0.1, 0.15) is 0 Å². The number of nitrogens with zero attached hydrogens (tertiary/aromatic N) is 1. The van der Waals surface area contributed by atoms with Crippen LogP contribution in [0.15, 0.2) is 64.5 Å². The van der Waals surface area contributed by atoms with Gasteiger partial charge in [0.15, 0.2) is 5.96 Å². The minimum atomic E-state index is -3.48. The fraction of sp³-hybridized carbons (Fsp3) is 0.350. The van der Waals surface area contributed by atoms with E-state index in [1.807, 2.05) is 0 Å². The molecule has 0 radical (unpaired) electrons. The second-order valence-corrected chi connectivity index (χ2v) is 8.33. The minimum absolute atomic E-state index is 0.272. The zero-order valence-electron chi connectivity index (χ0n) is 15.5. The van der Waals surface area contributed by atoms with Gasteiger partial charge < -0.3 is 10.6 Å². The summed E-state index contributed by atoms with van der Waals surface area (Å²) in [6, 6.07) is 17.2. The van der Waals surface area contributed by atoms with Crippen molar-refractivity contribution in [3.05, 3.63) is 65.7 Å². The van der Waals surface area contributed by atoms with E-state index >= 15 is 0 Å². The van der Waals surface area contributed by atoms with Crippen LogP contribution in [0.3, 0.4) is 0 Å². The van der Waals surface area contributed by atoms with E-state index in [9.17, 15) is 8.42 Å². The van der Waals surface area contributed by atoms with Gasteiger partial charge in [-0.1, -0.05) is 42.5 Å². The Morgan fingerprint density at radius 3 is 2.48 bits per heavy atom. The predicted molar refractivity (Wildman–Crippen MR) is 108 cm³/mol. The predicted octanol–water partition coefficient (Wildman–Crippen LogP) is 1.69. The Labute approximate surface area is 161 Å². The monoisotopic (exact) mass is 386 g/mol. The smallest absolute Gasteiger partial charge is 0.240 e. The van der Waals surface area contributed by atoms with Gasteiger partial charge >= 0.3 is 0 Å². The number of nitrogens with one attached hydrogen (secondary N) is 3. The molecule has 7 heteroatoms. The van der Waals surface area contributed by atoms with Gasteiger partial charge in [0.25, 0.3) is 0 Å². The van der Waals surface area contributed by atoms with Crippen molar-refractivity contribution in [2.45, 2.75) is 30.2 Å². The number of fused-ring (bicyclic) bond motifs is 1. The summed E-state index contributed by atoms with van der Waals surface area (Å²) in [4.78, 5) is 4.52. The van der Waals surface area contributed by atoms with Crippen LogP contribution in [-0.2, 0) is 22.9 Å². The molecule has 3 rings (SSSR count). The van der Waals surface area contributed by atoms with Gasteiger partial charge in [-0.2, -0.15) is 0 Å². The molecule has 144 valence electrons. The first-order chi connectivity index (χ1) is 13.1. The SMILES string of the molecule is CN=C(NCCNS(=O)(=O)c1ccccc1)NC1CCc2ccccc2C1. The topological polar surface area (TPSA) is 82.6 Å². The zero-order chi connectivity index (χ0) is 19.1. The lowest BCUT2D eigenvalue weighted by Crippen LogP contribution is -2.47. The standard InChI is InChI=1S/C20H26N4O2S/c1-21-20(24-18-12-11-16-7-5-6-8-17(16)15-18)22-13-14-23-27(25,26)19-9-3-2-4-10-19/h2-10,18,23H,11-15H2,1H3,(H2,21,22,24). The van der Waals surface area contributed by atoms with Gasteiger partial charge in [-0.05, 0) is 42.5 Å². The molecule has 6 nitrogen and oxygen atoms in total. The van der Waals surface area contributed by atoms with E-state index in [1.165, 1.54) is 11.1 Å². The number of guanidine groups is 1. The van der Waals surface area contributed by atoms with Gasteiger partial charge in [-0.25, -0.2) is 13.1 Å². The van der Waals surface area contributed by atoms with Crippen LogP contribution in [0.25, 0.3) is 0 Å². The van der Waals surface area contributed by atoms with E-state index in [0.717, 1.165) is 19.3 Å². The molecular weight excluding hydrogens is 360 g/mol. The van der Waals surface area contributed by atoms with Gasteiger partial charge in [0.05, 0.1) is 4.90 Å². The van der Waals surface area contributed by atoms with Gasteiger partial charge in [0, 0.05) is 26.2 Å². The highest BCUT2D eigenvalue weighted by Crippen LogP contribution is 2.20. The first kappa shape index (κ1) is 19.4. The molecule has 1 atom stereocenters. The van der Waals surface area contributed by atoms with E-state index in [2.05, 4.69) is 44.6 Å². The number of benzene rings is 2. The van der Waals surface area contributed by atoms with Gasteiger partial charge in [-0.3, -0.25) is 4.99 Å². The highest BCUT2D eigenvalue weighted by Gasteiger charge is 2.19. The third kappa shape index (κ3) is 5.30. The normalized spacial score (nSPS) is 17.2. The quantitative estimate of drug-likeness (QED) is 0.401. The fourth-order valence-corrected chi connectivity index (χ4v) is 4.31. The molecule has 0 aromatic heterocycles. The molecule has 0 fully saturated rings. The van der Waals surface area contributed by atoms with E-state index in [1.54, 1.807) is 37.4 Å². The molecule has 0 amide bonds. The summed E-state index contributed by atoms with van der Waals surface area (Å²) < 4.78 is 27.0. The lowest BCUT2D eigenvalue weighted by Gasteiger charge is -2.27. The van der Waals surface area contributed by atoms with Crippen LogP contribution >= 0.6 is 0 Å². The highest BCUT2D eigenvalue weighted by molar-refractivity contribution is 7.89. The third-order valence-corrected chi connectivity index (χ3v) is 6.15. The molecular formula is C20H26N4O2S. The molecule has 0 saturated heterocycles. The molecule has 0 saturated carbocycles. The van der Waals surface area contributed by atoms with E-state index in [0.29, 0.717) is 18.5 Å². The molecule has 27 heavy (non-hydrogen) atoms. The van der Waals surface area contributed by atoms with Crippen molar-refractivity contribution < 1.29 is 8.42 Å². The zero-order valence-corrected chi connectivity index (χ0v) is 16.3. The van der Waals surface area contributed by atoms with Crippen molar-refractivity contribution in [3.8, 4) is 0 Å². The highest BCUT2D eigenvalue weighted by atomic mass is 32.2. The number of sulfonamides is 1. The summed E-state index contributed by atoms with van der Waals surface area (Å²) in [6.45, 7) is 0.737. The maximum absolute atomic E-state index is 12.2. The Balaban J connectivity index is 1.45. The van der Waals surface area contributed by atoms with Crippen LogP contribution in [0.2, 0.25) is 0 Å². The number of hydrogen-bond acceptors (Lipinski definition) is 3. The second kappa shape index (κ2) is 9.01. The molecule has 1 unspecified atom stereocenters. The van der Waals surface area contributed by atoms with Crippen molar-refractivity contribution in [2.75, 3.05) is 20.1 Å². The molecule has 0 bridgehead atoms. The van der Waals surface area contributed by atoms with Crippen LogP contribution in [0, 0.1) is 0 Å². The summed E-state index contributed by atoms with van der Waals surface area (Å²) in [6.07, 6.45) is 3.08. The third-order valence-electron chi connectivity index (χ3n) is 4.67. The van der Waals surface area contributed by atoms with Crippen LogP contribution in [0.4, 0.5) is 0 Å². The molecule has 0 spiro atoms. The number of hydrogen-bond donors (Lipinski definition) is 3. The second-order valence-electron chi connectivity index (χ2n) is 6.56. The number of aliphatic imine (C=N–C) groups is 1. The molecule has 2 aromatic rings. The molecule has 0 aliphatic heterocycles. The van der Waals surface area contributed by atoms with Crippen molar-refractivity contribution in [1.82, 2.24) is 15.4 Å². The summed E-state index contributed by atoms with van der Waals surface area (Å²) >= 11 is 0. The van der Waals surface area contributed by atoms with Crippen molar-refractivity contribution in [1.29, 1.82) is 0 Å². The largest absolute Gasteiger partial charge is 0.355 e. The summed E-state index contributed by atoms with van der Waals surface area (Å²) in [5.74, 6) is 0.693. The average Bonchev–Trinajstić information content (AvgIpc) is 2.71. The van der Waals surface area contributed by atoms with Crippen LogP contribution in [0.1, 0.15) is 17.5 Å². The van der Waals surface area contributed by atoms with Crippen molar-refractivity contribution in [3.63, 3.8) is 0 Å². The molecule has 2 aromatic carbocycles. The Morgan fingerprint density at radius 2 is 1.74 bits per heavy atom. The molecule has 1 aliphatic carbocycles. The maximum atomic E-state index is 12.2. The Kier molecular flexibility index (Phi) is 6.47. The van der Waals surface area contributed by atoms with Gasteiger partial charge in [-0.15, -0.1) is 0 Å². The van der Waals surface area contributed by atoms with Crippen LogP contribution in [-0.4, -0.2) is 40.6 Å². The van der Waals surface area contributed by atoms with Crippen molar-refractivity contribution in [2.24, 2.45) is 4.99 Å². The number of aryl methyl sites for hydroxylation is 1. The first-order valence-electron chi connectivity index (χ1n) is 9.17.